The maximum Gasteiger partial charge on any atom is 0.0578 e. The maximum atomic E-state index is 5.66. The van der Waals surface area contributed by atoms with E-state index in [2.05, 4.69) is 19.2 Å². The van der Waals surface area contributed by atoms with E-state index in [4.69, 9.17) is 4.74 Å². The first kappa shape index (κ1) is 10.4. The molecule has 0 aromatic rings. The summed E-state index contributed by atoms with van der Waals surface area (Å²) in [5.74, 6) is 2.61. The molecule has 2 heteroatoms. The first-order valence-electron chi connectivity index (χ1n) is 6.11. The lowest BCUT2D eigenvalue weighted by molar-refractivity contribution is 0.0759. The molecule has 0 amide bonds. The summed E-state index contributed by atoms with van der Waals surface area (Å²) in [6.45, 7) is 8.11. The van der Waals surface area contributed by atoms with E-state index in [9.17, 15) is 0 Å². The molecule has 0 saturated carbocycles. The van der Waals surface area contributed by atoms with E-state index in [1.165, 1.54) is 32.4 Å². The van der Waals surface area contributed by atoms with Crippen LogP contribution in [0.15, 0.2) is 0 Å². The van der Waals surface area contributed by atoms with Gasteiger partial charge in [-0.05, 0) is 57.0 Å². The molecule has 0 bridgehead atoms. The number of piperidine rings is 1. The number of rotatable bonds is 2. The Bertz CT molecular complexity index is 177. The van der Waals surface area contributed by atoms with E-state index in [1.807, 2.05) is 0 Å². The Morgan fingerprint density at radius 3 is 2.50 bits per heavy atom. The van der Waals surface area contributed by atoms with Crippen LogP contribution < -0.4 is 5.32 Å². The molecule has 2 aliphatic heterocycles. The van der Waals surface area contributed by atoms with Gasteiger partial charge >= 0.3 is 0 Å². The van der Waals surface area contributed by atoms with Crippen LogP contribution in [0.4, 0.5) is 0 Å². The summed E-state index contributed by atoms with van der Waals surface area (Å²) in [4.78, 5) is 0. The van der Waals surface area contributed by atoms with Crippen molar-refractivity contribution in [3.05, 3.63) is 0 Å². The molecule has 0 aliphatic carbocycles. The average molecular weight is 197 g/mol. The van der Waals surface area contributed by atoms with Gasteiger partial charge in [0.1, 0.15) is 0 Å². The molecule has 3 unspecified atom stereocenters. The van der Waals surface area contributed by atoms with Crippen molar-refractivity contribution in [3.63, 3.8) is 0 Å². The zero-order valence-corrected chi connectivity index (χ0v) is 9.46. The van der Waals surface area contributed by atoms with E-state index >= 15 is 0 Å². The van der Waals surface area contributed by atoms with Crippen molar-refractivity contribution >= 4 is 0 Å². The van der Waals surface area contributed by atoms with E-state index in [0.29, 0.717) is 6.10 Å². The highest BCUT2D eigenvalue weighted by Gasteiger charge is 2.33. The van der Waals surface area contributed by atoms with Crippen LogP contribution in [0.2, 0.25) is 0 Å². The fourth-order valence-electron chi connectivity index (χ4n) is 3.16. The molecule has 0 radical (unpaired) electrons. The lowest BCUT2D eigenvalue weighted by atomic mass is 9.76. The monoisotopic (exact) mass is 197 g/mol. The quantitative estimate of drug-likeness (QED) is 0.731. The Labute approximate surface area is 87.4 Å². The van der Waals surface area contributed by atoms with E-state index in [0.717, 1.165) is 24.4 Å². The number of nitrogens with one attached hydrogen (secondary N) is 1. The third-order valence-electron chi connectivity index (χ3n) is 4.24. The third-order valence-corrected chi connectivity index (χ3v) is 4.24. The molecular formula is C12H23NO. The van der Waals surface area contributed by atoms with Gasteiger partial charge in [-0.3, -0.25) is 0 Å². The maximum absolute atomic E-state index is 5.66. The first-order valence-corrected chi connectivity index (χ1v) is 6.11. The van der Waals surface area contributed by atoms with Crippen LogP contribution in [0, 0.1) is 17.8 Å². The van der Waals surface area contributed by atoms with Crippen molar-refractivity contribution in [1.82, 2.24) is 5.32 Å². The van der Waals surface area contributed by atoms with Crippen molar-refractivity contribution in [1.29, 1.82) is 0 Å². The highest BCUT2D eigenvalue weighted by atomic mass is 16.5. The van der Waals surface area contributed by atoms with E-state index in [1.54, 1.807) is 0 Å². The second-order valence-electron chi connectivity index (χ2n) is 4.97. The van der Waals surface area contributed by atoms with Gasteiger partial charge in [-0.2, -0.15) is 0 Å². The normalized spacial score (nSPS) is 37.3. The van der Waals surface area contributed by atoms with Gasteiger partial charge in [0.15, 0.2) is 0 Å². The molecule has 3 atom stereocenters. The second-order valence-corrected chi connectivity index (χ2v) is 4.97. The molecule has 82 valence electrons. The molecule has 0 spiro atoms. The first-order chi connectivity index (χ1) is 6.79. The molecule has 2 saturated heterocycles. The van der Waals surface area contributed by atoms with Crippen LogP contribution in [-0.2, 0) is 4.74 Å². The highest BCUT2D eigenvalue weighted by molar-refractivity contribution is 4.83. The van der Waals surface area contributed by atoms with Gasteiger partial charge in [0, 0.05) is 6.61 Å². The van der Waals surface area contributed by atoms with Crippen LogP contribution in [0.1, 0.15) is 33.1 Å². The van der Waals surface area contributed by atoms with Crippen LogP contribution in [0.5, 0.6) is 0 Å². The van der Waals surface area contributed by atoms with Crippen LogP contribution in [-0.4, -0.2) is 25.8 Å². The number of ether oxygens (including phenoxy) is 1. The van der Waals surface area contributed by atoms with Gasteiger partial charge < -0.3 is 10.1 Å². The number of hydrogen-bond donors (Lipinski definition) is 1. The summed E-state index contributed by atoms with van der Waals surface area (Å²) in [6, 6.07) is 0. The minimum atomic E-state index is 0.500. The van der Waals surface area contributed by atoms with E-state index < -0.39 is 0 Å². The SMILES string of the molecule is CC1OCCC1C(C)C1CCNCC1. The average Bonchev–Trinajstić information content (AvgIpc) is 2.65. The molecule has 0 aromatic carbocycles. The van der Waals surface area contributed by atoms with Crippen LogP contribution in [0.25, 0.3) is 0 Å². The summed E-state index contributed by atoms with van der Waals surface area (Å²) in [5, 5.41) is 3.44. The molecule has 0 aromatic heterocycles. The Morgan fingerprint density at radius 2 is 1.93 bits per heavy atom. The predicted molar refractivity (Wildman–Crippen MR) is 58.3 cm³/mol. The molecule has 2 heterocycles. The summed E-state index contributed by atoms with van der Waals surface area (Å²) in [6.07, 6.45) is 4.51. The topological polar surface area (TPSA) is 21.3 Å². The Morgan fingerprint density at radius 1 is 1.21 bits per heavy atom. The third kappa shape index (κ3) is 2.12. The Kier molecular flexibility index (Phi) is 3.45. The largest absolute Gasteiger partial charge is 0.378 e. The Balaban J connectivity index is 1.89. The molecule has 2 aliphatic rings. The lowest BCUT2D eigenvalue weighted by Crippen LogP contribution is -2.34. The van der Waals surface area contributed by atoms with E-state index in [-0.39, 0.29) is 0 Å². The van der Waals surface area contributed by atoms with Gasteiger partial charge in [-0.1, -0.05) is 6.92 Å². The fraction of sp³-hybridized carbons (Fsp3) is 1.00. The number of hydrogen-bond acceptors (Lipinski definition) is 2. The molecule has 1 N–H and O–H groups in total. The van der Waals surface area contributed by atoms with Crippen molar-refractivity contribution in [2.45, 2.75) is 39.2 Å². The van der Waals surface area contributed by atoms with Gasteiger partial charge in [-0.25, -0.2) is 0 Å². The van der Waals surface area contributed by atoms with Crippen molar-refractivity contribution in [2.24, 2.45) is 17.8 Å². The highest BCUT2D eigenvalue weighted by Crippen LogP contribution is 2.35. The summed E-state index contributed by atoms with van der Waals surface area (Å²) >= 11 is 0. The van der Waals surface area contributed by atoms with Gasteiger partial charge in [0.05, 0.1) is 6.10 Å². The standard InChI is InChI=1S/C12H23NO/c1-9(11-3-6-13-7-4-11)12-5-8-14-10(12)2/h9-13H,3-8H2,1-2H3. The lowest BCUT2D eigenvalue weighted by Gasteiger charge is -2.33. The minimum Gasteiger partial charge on any atom is -0.378 e. The molecule has 2 fully saturated rings. The van der Waals surface area contributed by atoms with Crippen molar-refractivity contribution in [3.8, 4) is 0 Å². The fourth-order valence-corrected chi connectivity index (χ4v) is 3.16. The van der Waals surface area contributed by atoms with Crippen LogP contribution >= 0.6 is 0 Å². The van der Waals surface area contributed by atoms with Gasteiger partial charge in [-0.15, -0.1) is 0 Å². The molecule has 2 nitrogen and oxygen atoms in total. The molecular weight excluding hydrogens is 174 g/mol. The van der Waals surface area contributed by atoms with Crippen molar-refractivity contribution < 1.29 is 4.74 Å². The smallest absolute Gasteiger partial charge is 0.0578 e. The Hall–Kier alpha value is -0.0800. The summed E-state index contributed by atoms with van der Waals surface area (Å²) < 4.78 is 5.66. The zero-order chi connectivity index (χ0) is 9.97. The van der Waals surface area contributed by atoms with Crippen molar-refractivity contribution in [2.75, 3.05) is 19.7 Å². The second kappa shape index (κ2) is 4.63. The molecule has 14 heavy (non-hydrogen) atoms. The van der Waals surface area contributed by atoms with Gasteiger partial charge in [0.2, 0.25) is 0 Å². The zero-order valence-electron chi connectivity index (χ0n) is 9.46. The van der Waals surface area contributed by atoms with Gasteiger partial charge in [0.25, 0.3) is 0 Å². The predicted octanol–water partition coefficient (Wildman–Crippen LogP) is 2.05. The summed E-state index contributed by atoms with van der Waals surface area (Å²) in [5.41, 5.74) is 0. The molecule has 2 rings (SSSR count). The summed E-state index contributed by atoms with van der Waals surface area (Å²) in [7, 11) is 0. The van der Waals surface area contributed by atoms with Crippen LogP contribution in [0.3, 0.4) is 0 Å². The minimum absolute atomic E-state index is 0.500.